The van der Waals surface area contributed by atoms with Crippen LogP contribution in [0, 0.1) is 11.6 Å². The quantitative estimate of drug-likeness (QED) is 0.0693. The molecule has 9 nitrogen and oxygen atoms in total. The number of Topliss-reactive ketones (excluding diaryl/α,β-unsaturated/α-hetero) is 5. The summed E-state index contributed by atoms with van der Waals surface area (Å²) in [4.78, 5) is 70.2. The smallest absolute Gasteiger partial charge is 0.372 e. The number of aromatic nitrogens is 2. The van der Waals surface area contributed by atoms with Crippen molar-refractivity contribution in [3.63, 3.8) is 0 Å². The van der Waals surface area contributed by atoms with E-state index in [9.17, 15) is 37.5 Å². The van der Waals surface area contributed by atoms with Crippen LogP contribution in [0.15, 0.2) is 134 Å². The van der Waals surface area contributed by atoms with Crippen molar-refractivity contribution < 1.29 is 42.7 Å². The summed E-state index contributed by atoms with van der Waals surface area (Å²) in [5.41, 5.74) is 5.57. The molecule has 0 radical (unpaired) electrons. The average molecular weight is 729 g/mol. The minimum Gasteiger partial charge on any atom is -0.475 e. The summed E-state index contributed by atoms with van der Waals surface area (Å²) in [7, 11) is 0. The van der Waals surface area contributed by atoms with Crippen LogP contribution >= 0.6 is 0 Å². The SMILES string of the molecule is CC(=O)C(=O)CC(=O)c1cc(-c2ccccc2)cn1Cc1ccc(F)cc1.O=C(O)C(=O)CC(=O)c1cc(-c2ccccc2)cn1Cc1ccc(F)cc1. The van der Waals surface area contributed by atoms with Crippen LogP contribution in [0.3, 0.4) is 0 Å². The number of carboxylic acids is 1. The highest BCUT2D eigenvalue weighted by Crippen LogP contribution is 2.25. The maximum absolute atomic E-state index is 13.1. The summed E-state index contributed by atoms with van der Waals surface area (Å²) in [6.07, 6.45) is 2.41. The molecule has 0 saturated heterocycles. The molecule has 0 aliphatic heterocycles. The van der Waals surface area contributed by atoms with Gasteiger partial charge in [-0.15, -0.1) is 0 Å². The highest BCUT2D eigenvalue weighted by Gasteiger charge is 2.22. The van der Waals surface area contributed by atoms with Gasteiger partial charge in [0.15, 0.2) is 17.3 Å². The minimum absolute atomic E-state index is 0.229. The lowest BCUT2D eigenvalue weighted by Gasteiger charge is -2.08. The van der Waals surface area contributed by atoms with Crippen molar-refractivity contribution in [2.24, 2.45) is 0 Å². The Morgan fingerprint density at radius 3 is 1.24 bits per heavy atom. The van der Waals surface area contributed by atoms with Gasteiger partial charge in [-0.05, 0) is 58.7 Å². The lowest BCUT2D eigenvalue weighted by molar-refractivity contribution is -0.148. The third kappa shape index (κ3) is 10.1. The van der Waals surface area contributed by atoms with Crippen molar-refractivity contribution >= 4 is 34.9 Å². The Morgan fingerprint density at radius 2 is 0.889 bits per heavy atom. The molecule has 0 amide bonds. The molecule has 6 rings (SSSR count). The van der Waals surface area contributed by atoms with Gasteiger partial charge in [0.2, 0.25) is 11.6 Å². The first-order chi connectivity index (χ1) is 25.9. The third-order valence-electron chi connectivity index (χ3n) is 8.38. The number of ketones is 5. The van der Waals surface area contributed by atoms with E-state index < -0.39 is 47.7 Å². The topological polar surface area (TPSA) is 133 Å². The Hall–Kier alpha value is -6.88. The number of rotatable bonds is 14. The molecule has 11 heteroatoms. The molecular weight excluding hydrogens is 694 g/mol. The number of carboxylic acid groups (broad SMARTS) is 1. The van der Waals surface area contributed by atoms with E-state index >= 15 is 0 Å². The zero-order valence-corrected chi connectivity index (χ0v) is 29.1. The van der Waals surface area contributed by atoms with E-state index in [1.165, 1.54) is 24.3 Å². The number of hydrogen-bond donors (Lipinski definition) is 1. The van der Waals surface area contributed by atoms with E-state index in [1.54, 1.807) is 51.7 Å². The van der Waals surface area contributed by atoms with Gasteiger partial charge in [-0.1, -0.05) is 84.9 Å². The van der Waals surface area contributed by atoms with Crippen molar-refractivity contribution in [3.05, 3.63) is 168 Å². The summed E-state index contributed by atoms with van der Waals surface area (Å²) in [5.74, 6) is -5.83. The van der Waals surface area contributed by atoms with Crippen LogP contribution in [-0.4, -0.2) is 49.1 Å². The number of hydrogen-bond acceptors (Lipinski definition) is 6. The van der Waals surface area contributed by atoms with Crippen LogP contribution < -0.4 is 0 Å². The van der Waals surface area contributed by atoms with Gasteiger partial charge < -0.3 is 14.2 Å². The van der Waals surface area contributed by atoms with Crippen LogP contribution in [0.5, 0.6) is 0 Å². The predicted octanol–water partition coefficient (Wildman–Crippen LogP) is 7.64. The highest BCUT2D eigenvalue weighted by atomic mass is 19.1. The van der Waals surface area contributed by atoms with Gasteiger partial charge in [0.25, 0.3) is 0 Å². The molecule has 4 aromatic carbocycles. The van der Waals surface area contributed by atoms with E-state index in [1.807, 2.05) is 66.9 Å². The zero-order chi connectivity index (χ0) is 38.8. The van der Waals surface area contributed by atoms with Crippen molar-refractivity contribution in [1.82, 2.24) is 9.13 Å². The second-order valence-electron chi connectivity index (χ2n) is 12.4. The fourth-order valence-corrected chi connectivity index (χ4v) is 5.58. The molecule has 0 saturated carbocycles. The fourth-order valence-electron chi connectivity index (χ4n) is 5.58. The minimum atomic E-state index is -1.64. The zero-order valence-electron chi connectivity index (χ0n) is 29.1. The monoisotopic (exact) mass is 728 g/mol. The molecule has 0 aliphatic rings. The Bertz CT molecular complexity index is 2140. The van der Waals surface area contributed by atoms with Gasteiger partial charge in [-0.25, -0.2) is 13.6 Å². The van der Waals surface area contributed by atoms with E-state index in [0.717, 1.165) is 40.3 Å². The first kappa shape index (κ1) is 38.4. The molecular formula is C43H34F2N2O7. The number of nitrogens with zero attached hydrogens (tertiary/aromatic N) is 2. The third-order valence-corrected chi connectivity index (χ3v) is 8.38. The van der Waals surface area contributed by atoms with Gasteiger partial charge >= 0.3 is 5.97 Å². The molecule has 2 heterocycles. The largest absolute Gasteiger partial charge is 0.475 e. The standard InChI is InChI=1S/C22H18FNO3.C21H16FNO4/c1-15(25)21(26)12-22(27)20-11-18(17-5-3-2-4-6-17)14-24(20)13-16-7-9-19(23)10-8-16;22-17-8-6-14(7-9-17)12-23-13-16(15-4-2-1-3-5-15)10-18(23)19(24)11-20(25)21(26)27/h2-11,14H,12-13H2,1H3;1-10,13H,11-12H2,(H,26,27). The van der Waals surface area contributed by atoms with Crippen molar-refractivity contribution in [2.75, 3.05) is 0 Å². The van der Waals surface area contributed by atoms with Crippen LogP contribution in [0.2, 0.25) is 0 Å². The van der Waals surface area contributed by atoms with Gasteiger partial charge in [-0.2, -0.15) is 0 Å². The Balaban J connectivity index is 0.000000208. The van der Waals surface area contributed by atoms with E-state index in [4.69, 9.17) is 5.11 Å². The second-order valence-corrected chi connectivity index (χ2v) is 12.4. The summed E-state index contributed by atoms with van der Waals surface area (Å²) >= 11 is 0. The van der Waals surface area contributed by atoms with Crippen molar-refractivity contribution in [2.45, 2.75) is 32.9 Å². The Labute approximate surface area is 309 Å². The van der Waals surface area contributed by atoms with Crippen LogP contribution in [0.4, 0.5) is 8.78 Å². The van der Waals surface area contributed by atoms with Crippen molar-refractivity contribution in [3.8, 4) is 22.3 Å². The van der Waals surface area contributed by atoms with Crippen LogP contribution in [0.1, 0.15) is 51.9 Å². The maximum atomic E-state index is 13.1. The van der Waals surface area contributed by atoms with Crippen molar-refractivity contribution in [1.29, 1.82) is 0 Å². The first-order valence-corrected chi connectivity index (χ1v) is 16.7. The molecule has 0 spiro atoms. The summed E-state index contributed by atoms with van der Waals surface area (Å²) in [6.45, 7) is 1.79. The Morgan fingerprint density at radius 1 is 0.519 bits per heavy atom. The number of aliphatic carboxylic acids is 1. The summed E-state index contributed by atoms with van der Waals surface area (Å²) in [5, 5.41) is 8.75. The molecule has 0 fully saturated rings. The van der Waals surface area contributed by atoms with Crippen LogP contribution in [-0.2, 0) is 32.3 Å². The lowest BCUT2D eigenvalue weighted by atomic mass is 10.1. The molecule has 6 aromatic rings. The molecule has 0 aliphatic carbocycles. The summed E-state index contributed by atoms with van der Waals surface area (Å²) < 4.78 is 29.6. The van der Waals surface area contributed by atoms with E-state index in [2.05, 4.69) is 0 Å². The van der Waals surface area contributed by atoms with E-state index in [0.29, 0.717) is 12.2 Å². The summed E-state index contributed by atoms with van der Waals surface area (Å²) in [6, 6.07) is 34.1. The Kier molecular flexibility index (Phi) is 12.5. The molecule has 0 unspecified atom stereocenters. The fraction of sp³-hybridized carbons (Fsp3) is 0.116. The highest BCUT2D eigenvalue weighted by molar-refractivity contribution is 6.40. The number of carbonyl (C=O) groups excluding carboxylic acids is 5. The van der Waals surface area contributed by atoms with Gasteiger partial charge in [-0.3, -0.25) is 24.0 Å². The molecule has 2 aromatic heterocycles. The molecule has 1 N–H and O–H groups in total. The molecule has 0 bridgehead atoms. The van der Waals surface area contributed by atoms with Gasteiger partial charge in [0, 0.05) is 43.5 Å². The average Bonchev–Trinajstić information content (AvgIpc) is 3.79. The normalized spacial score (nSPS) is 10.6. The maximum Gasteiger partial charge on any atom is 0.372 e. The molecule has 0 atom stereocenters. The number of halogens is 2. The first-order valence-electron chi connectivity index (χ1n) is 16.7. The van der Waals surface area contributed by atoms with E-state index in [-0.39, 0.29) is 23.9 Å². The van der Waals surface area contributed by atoms with Crippen LogP contribution in [0.25, 0.3) is 22.3 Å². The number of benzene rings is 4. The van der Waals surface area contributed by atoms with Gasteiger partial charge in [0.05, 0.1) is 24.2 Å². The molecule has 272 valence electrons. The predicted molar refractivity (Wildman–Crippen MR) is 197 cm³/mol. The van der Waals surface area contributed by atoms with Gasteiger partial charge in [0.1, 0.15) is 11.6 Å². The number of carbonyl (C=O) groups is 6. The molecule has 54 heavy (non-hydrogen) atoms. The second kappa shape index (κ2) is 17.6. The lowest BCUT2D eigenvalue weighted by Crippen LogP contribution is -2.19.